The predicted octanol–water partition coefficient (Wildman–Crippen LogP) is 7.86. The largest absolute Gasteiger partial charge is 0.309 e. The van der Waals surface area contributed by atoms with Crippen LogP contribution in [0.4, 0.5) is 0 Å². The Morgan fingerprint density at radius 1 is 0.457 bits per heavy atom. The molecule has 0 bridgehead atoms. The van der Waals surface area contributed by atoms with Crippen molar-refractivity contribution in [1.82, 2.24) is 4.57 Å². The summed E-state index contributed by atoms with van der Waals surface area (Å²) in [5, 5.41) is 21.9. The number of benzene rings is 5. The summed E-state index contributed by atoms with van der Waals surface area (Å²) in [5.74, 6) is 0. The molecular weight excluding hydrogens is 426 g/mol. The third-order valence-corrected chi connectivity index (χ3v) is 6.39. The topological polar surface area (TPSA) is 52.5 Å². The first-order valence-corrected chi connectivity index (χ1v) is 11.4. The number of hydrogen-bond acceptors (Lipinski definition) is 2. The van der Waals surface area contributed by atoms with Gasteiger partial charge in [0.15, 0.2) is 0 Å². The van der Waals surface area contributed by atoms with Crippen molar-refractivity contribution in [3.05, 3.63) is 126 Å². The molecule has 0 amide bonds. The fourth-order valence-corrected chi connectivity index (χ4v) is 4.83. The molecule has 3 nitrogen and oxygen atoms in total. The van der Waals surface area contributed by atoms with E-state index < -0.39 is 0 Å². The van der Waals surface area contributed by atoms with Crippen molar-refractivity contribution in [3.8, 4) is 40.1 Å². The molecule has 0 aliphatic rings. The van der Waals surface area contributed by atoms with E-state index in [9.17, 15) is 10.5 Å². The standard InChI is InChI=1S/C32H19N3/c33-20-22-14-25(24-8-2-1-3-9-24)18-26(15-22)27-16-23(21-34)17-28(19-27)35-31-12-6-4-10-29(31)30-11-5-7-13-32(30)35/h1-19H. The molecular formula is C32H19N3. The fourth-order valence-electron chi connectivity index (χ4n) is 4.83. The Kier molecular flexibility index (Phi) is 4.88. The smallest absolute Gasteiger partial charge is 0.0992 e. The highest BCUT2D eigenvalue weighted by atomic mass is 15.0. The van der Waals surface area contributed by atoms with Crippen molar-refractivity contribution in [2.24, 2.45) is 0 Å². The summed E-state index contributed by atoms with van der Waals surface area (Å²) in [7, 11) is 0. The molecule has 0 N–H and O–H groups in total. The van der Waals surface area contributed by atoms with Crippen LogP contribution in [-0.2, 0) is 0 Å². The van der Waals surface area contributed by atoms with E-state index in [0.29, 0.717) is 11.1 Å². The van der Waals surface area contributed by atoms with E-state index in [4.69, 9.17) is 0 Å². The molecule has 162 valence electrons. The average Bonchev–Trinajstić information content (AvgIpc) is 3.27. The molecule has 5 aromatic carbocycles. The Hall–Kier alpha value is -5.12. The van der Waals surface area contributed by atoms with Crippen LogP contribution in [0.1, 0.15) is 11.1 Å². The highest BCUT2D eigenvalue weighted by Crippen LogP contribution is 2.35. The van der Waals surface area contributed by atoms with Crippen molar-refractivity contribution < 1.29 is 0 Å². The average molecular weight is 446 g/mol. The Bertz CT molecular complexity index is 1760. The number of rotatable bonds is 3. The van der Waals surface area contributed by atoms with E-state index in [1.54, 1.807) is 0 Å². The summed E-state index contributed by atoms with van der Waals surface area (Å²) in [5.41, 5.74) is 8.07. The minimum atomic E-state index is 0.572. The first kappa shape index (κ1) is 20.5. The van der Waals surface area contributed by atoms with Gasteiger partial charge in [-0.1, -0.05) is 66.7 Å². The Labute approximate surface area is 203 Å². The Morgan fingerprint density at radius 2 is 0.943 bits per heavy atom. The van der Waals surface area contributed by atoms with Gasteiger partial charge < -0.3 is 4.57 Å². The number of fused-ring (bicyclic) bond motifs is 3. The van der Waals surface area contributed by atoms with E-state index >= 15 is 0 Å². The van der Waals surface area contributed by atoms with Gasteiger partial charge in [0, 0.05) is 16.5 Å². The molecule has 35 heavy (non-hydrogen) atoms. The van der Waals surface area contributed by atoms with Crippen LogP contribution in [0.3, 0.4) is 0 Å². The lowest BCUT2D eigenvalue weighted by atomic mass is 9.95. The number of nitriles is 2. The molecule has 0 saturated heterocycles. The molecule has 0 fully saturated rings. The van der Waals surface area contributed by atoms with Crippen molar-refractivity contribution in [2.45, 2.75) is 0 Å². The van der Waals surface area contributed by atoms with Crippen LogP contribution in [0.5, 0.6) is 0 Å². The normalized spacial score (nSPS) is 10.8. The summed E-state index contributed by atoms with van der Waals surface area (Å²) in [4.78, 5) is 0. The van der Waals surface area contributed by atoms with Gasteiger partial charge in [-0.25, -0.2) is 0 Å². The minimum absolute atomic E-state index is 0.572. The van der Waals surface area contributed by atoms with E-state index in [2.05, 4.69) is 65.2 Å². The highest BCUT2D eigenvalue weighted by Gasteiger charge is 2.14. The van der Waals surface area contributed by atoms with Crippen LogP contribution >= 0.6 is 0 Å². The SMILES string of the molecule is N#Cc1cc(-c2ccccc2)cc(-c2cc(C#N)cc(-n3c4ccccc4c4ccccc43)c2)c1. The van der Waals surface area contributed by atoms with Crippen molar-refractivity contribution in [3.63, 3.8) is 0 Å². The second-order valence-corrected chi connectivity index (χ2v) is 8.53. The summed E-state index contributed by atoms with van der Waals surface area (Å²) < 4.78 is 2.21. The molecule has 1 aromatic heterocycles. The van der Waals surface area contributed by atoms with Crippen molar-refractivity contribution >= 4 is 21.8 Å². The van der Waals surface area contributed by atoms with Crippen molar-refractivity contribution in [2.75, 3.05) is 0 Å². The third-order valence-electron chi connectivity index (χ3n) is 6.39. The van der Waals surface area contributed by atoms with E-state index in [-0.39, 0.29) is 0 Å². The second-order valence-electron chi connectivity index (χ2n) is 8.53. The molecule has 0 spiro atoms. The highest BCUT2D eigenvalue weighted by molar-refractivity contribution is 6.09. The molecule has 0 atom stereocenters. The second kappa shape index (κ2) is 8.34. The lowest BCUT2D eigenvalue weighted by Gasteiger charge is -2.13. The number of aromatic nitrogens is 1. The first-order chi connectivity index (χ1) is 17.2. The Balaban J connectivity index is 1.61. The van der Waals surface area contributed by atoms with Gasteiger partial charge in [-0.15, -0.1) is 0 Å². The van der Waals surface area contributed by atoms with E-state index in [1.165, 1.54) is 10.8 Å². The molecule has 1 heterocycles. The molecule has 0 aliphatic carbocycles. The first-order valence-electron chi connectivity index (χ1n) is 11.4. The predicted molar refractivity (Wildman–Crippen MR) is 141 cm³/mol. The van der Waals surface area contributed by atoms with Crippen LogP contribution in [0, 0.1) is 22.7 Å². The van der Waals surface area contributed by atoms with E-state index in [1.807, 2.05) is 66.7 Å². The zero-order valence-corrected chi connectivity index (χ0v) is 18.8. The summed E-state index contributed by atoms with van der Waals surface area (Å²) in [6.45, 7) is 0. The lowest BCUT2D eigenvalue weighted by molar-refractivity contribution is 1.18. The monoisotopic (exact) mass is 445 g/mol. The van der Waals surface area contributed by atoms with Crippen molar-refractivity contribution in [1.29, 1.82) is 10.5 Å². The van der Waals surface area contributed by atoms with Gasteiger partial charge in [-0.05, 0) is 70.8 Å². The minimum Gasteiger partial charge on any atom is -0.309 e. The number of hydrogen-bond donors (Lipinski definition) is 0. The van der Waals surface area contributed by atoms with Gasteiger partial charge in [0.1, 0.15) is 0 Å². The van der Waals surface area contributed by atoms with Gasteiger partial charge in [0.05, 0.1) is 34.3 Å². The molecule has 0 aliphatic heterocycles. The maximum Gasteiger partial charge on any atom is 0.0992 e. The van der Waals surface area contributed by atoms with Gasteiger partial charge in [-0.3, -0.25) is 0 Å². The van der Waals surface area contributed by atoms with Crippen LogP contribution in [0.15, 0.2) is 115 Å². The fraction of sp³-hybridized carbons (Fsp3) is 0. The van der Waals surface area contributed by atoms with Gasteiger partial charge in [-0.2, -0.15) is 10.5 Å². The number of para-hydroxylation sites is 2. The van der Waals surface area contributed by atoms with Gasteiger partial charge >= 0.3 is 0 Å². The zero-order chi connectivity index (χ0) is 23.8. The summed E-state index contributed by atoms with van der Waals surface area (Å²) in [6, 6.07) is 43.1. The summed E-state index contributed by atoms with van der Waals surface area (Å²) >= 11 is 0. The summed E-state index contributed by atoms with van der Waals surface area (Å²) in [6.07, 6.45) is 0. The molecule has 0 radical (unpaired) electrons. The molecule has 0 unspecified atom stereocenters. The maximum absolute atomic E-state index is 9.88. The Morgan fingerprint density at radius 3 is 1.54 bits per heavy atom. The van der Waals surface area contributed by atoms with Gasteiger partial charge in [0.25, 0.3) is 0 Å². The van der Waals surface area contributed by atoms with Crippen LogP contribution in [0.2, 0.25) is 0 Å². The van der Waals surface area contributed by atoms with Crippen LogP contribution < -0.4 is 0 Å². The van der Waals surface area contributed by atoms with Gasteiger partial charge in [0.2, 0.25) is 0 Å². The quantitative estimate of drug-likeness (QED) is 0.278. The lowest BCUT2D eigenvalue weighted by Crippen LogP contribution is -1.96. The maximum atomic E-state index is 9.88. The van der Waals surface area contributed by atoms with Crippen LogP contribution in [-0.4, -0.2) is 4.57 Å². The molecule has 6 aromatic rings. The van der Waals surface area contributed by atoms with Crippen LogP contribution in [0.25, 0.3) is 49.7 Å². The molecule has 6 rings (SSSR count). The number of nitrogens with zero attached hydrogens (tertiary/aromatic N) is 3. The molecule has 3 heteroatoms. The zero-order valence-electron chi connectivity index (χ0n) is 18.8. The molecule has 0 saturated carbocycles. The van der Waals surface area contributed by atoms with E-state index in [0.717, 1.165) is 39.0 Å². The third kappa shape index (κ3) is 3.53.